The Kier molecular flexibility index (Phi) is 9.19. The van der Waals surface area contributed by atoms with Crippen LogP contribution in [0.2, 0.25) is 0 Å². The van der Waals surface area contributed by atoms with Gasteiger partial charge in [-0.15, -0.1) is 12.4 Å². The second kappa shape index (κ2) is 10.6. The SMILES string of the molecule is COc1cc(C(C)NC(=O)[C@H]2NCCO[C@@H]2C)ccc1OCC(C)C.Cl. The Morgan fingerprint density at radius 1 is 1.35 bits per heavy atom. The molecule has 0 radical (unpaired) electrons. The van der Waals surface area contributed by atoms with E-state index in [2.05, 4.69) is 24.5 Å². The maximum Gasteiger partial charge on any atom is 0.240 e. The van der Waals surface area contributed by atoms with Crippen molar-refractivity contribution in [1.29, 1.82) is 0 Å². The van der Waals surface area contributed by atoms with Crippen LogP contribution in [0.3, 0.4) is 0 Å². The van der Waals surface area contributed by atoms with Crippen LogP contribution in [0.4, 0.5) is 0 Å². The number of carbonyl (C=O) groups is 1. The smallest absolute Gasteiger partial charge is 0.240 e. The van der Waals surface area contributed by atoms with E-state index in [1.807, 2.05) is 32.0 Å². The van der Waals surface area contributed by atoms with Crippen molar-refractivity contribution in [3.8, 4) is 11.5 Å². The second-order valence-corrected chi connectivity index (χ2v) is 6.85. The van der Waals surface area contributed by atoms with Crippen molar-refractivity contribution in [2.24, 2.45) is 5.92 Å². The molecule has 148 valence electrons. The summed E-state index contributed by atoms with van der Waals surface area (Å²) in [6, 6.07) is 5.29. The molecular weight excluding hydrogens is 356 g/mol. The van der Waals surface area contributed by atoms with Gasteiger partial charge in [0.2, 0.25) is 5.91 Å². The molecule has 2 N–H and O–H groups in total. The Morgan fingerprint density at radius 2 is 2.08 bits per heavy atom. The van der Waals surface area contributed by atoms with Crippen LogP contribution in [-0.4, -0.2) is 44.9 Å². The molecule has 0 aromatic heterocycles. The molecule has 0 saturated carbocycles. The van der Waals surface area contributed by atoms with Gasteiger partial charge in [0.25, 0.3) is 0 Å². The summed E-state index contributed by atoms with van der Waals surface area (Å²) in [5.41, 5.74) is 0.964. The molecule has 1 saturated heterocycles. The minimum Gasteiger partial charge on any atom is -0.493 e. The van der Waals surface area contributed by atoms with Crippen LogP contribution >= 0.6 is 12.4 Å². The maximum absolute atomic E-state index is 12.5. The number of ether oxygens (including phenoxy) is 3. The normalized spacial score (nSPS) is 20.8. The zero-order chi connectivity index (χ0) is 18.4. The minimum atomic E-state index is -0.327. The Labute approximate surface area is 162 Å². The fraction of sp³-hybridized carbons (Fsp3) is 0.632. The molecule has 1 heterocycles. The van der Waals surface area contributed by atoms with Crippen LogP contribution in [0.25, 0.3) is 0 Å². The van der Waals surface area contributed by atoms with E-state index in [0.717, 1.165) is 11.3 Å². The molecule has 1 aliphatic heterocycles. The standard InChI is InChI=1S/C19H30N2O4.ClH/c1-12(2)11-25-16-7-6-15(10-17(16)23-5)13(3)21-19(22)18-14(4)24-9-8-20-18;/h6-7,10,12-14,18,20H,8-9,11H2,1-5H3,(H,21,22);1H/t13?,14-,18+;/m1./s1. The van der Waals surface area contributed by atoms with E-state index >= 15 is 0 Å². The number of hydrogen-bond acceptors (Lipinski definition) is 5. The van der Waals surface area contributed by atoms with E-state index in [1.165, 1.54) is 0 Å². The summed E-state index contributed by atoms with van der Waals surface area (Å²) in [6.45, 7) is 10.0. The number of nitrogens with one attached hydrogen (secondary N) is 2. The summed E-state index contributed by atoms with van der Waals surface area (Å²) in [6.07, 6.45) is -0.137. The van der Waals surface area contributed by atoms with Gasteiger partial charge in [-0.05, 0) is 37.5 Å². The fourth-order valence-electron chi connectivity index (χ4n) is 2.74. The molecule has 6 nitrogen and oxygen atoms in total. The summed E-state index contributed by atoms with van der Waals surface area (Å²) < 4.78 is 16.7. The molecule has 7 heteroatoms. The summed E-state index contributed by atoms with van der Waals surface area (Å²) >= 11 is 0. The van der Waals surface area contributed by atoms with Gasteiger partial charge in [-0.2, -0.15) is 0 Å². The lowest BCUT2D eigenvalue weighted by Crippen LogP contribution is -2.55. The van der Waals surface area contributed by atoms with E-state index in [0.29, 0.717) is 31.4 Å². The van der Waals surface area contributed by atoms with Crippen LogP contribution in [0.15, 0.2) is 18.2 Å². The van der Waals surface area contributed by atoms with Gasteiger partial charge in [-0.1, -0.05) is 19.9 Å². The summed E-state index contributed by atoms with van der Waals surface area (Å²) in [4.78, 5) is 12.5. The largest absolute Gasteiger partial charge is 0.493 e. The Morgan fingerprint density at radius 3 is 2.69 bits per heavy atom. The topological polar surface area (TPSA) is 68.8 Å². The lowest BCUT2D eigenvalue weighted by Gasteiger charge is -2.30. The van der Waals surface area contributed by atoms with E-state index in [4.69, 9.17) is 14.2 Å². The first-order valence-corrected chi connectivity index (χ1v) is 8.88. The van der Waals surface area contributed by atoms with E-state index in [1.54, 1.807) is 7.11 Å². The molecule has 0 spiro atoms. The molecule has 0 aliphatic carbocycles. The molecule has 1 aromatic carbocycles. The van der Waals surface area contributed by atoms with Gasteiger partial charge in [0.1, 0.15) is 6.04 Å². The van der Waals surface area contributed by atoms with E-state index in [9.17, 15) is 4.79 Å². The summed E-state index contributed by atoms with van der Waals surface area (Å²) in [7, 11) is 1.62. The number of rotatable bonds is 7. The van der Waals surface area contributed by atoms with Crippen LogP contribution in [-0.2, 0) is 9.53 Å². The number of morpholine rings is 1. The third-order valence-corrected chi connectivity index (χ3v) is 4.22. The first-order chi connectivity index (χ1) is 11.9. The number of amides is 1. The second-order valence-electron chi connectivity index (χ2n) is 6.85. The third-order valence-electron chi connectivity index (χ3n) is 4.22. The average Bonchev–Trinajstić information content (AvgIpc) is 2.59. The van der Waals surface area contributed by atoms with Crippen LogP contribution in [0, 0.1) is 5.92 Å². The Bertz CT molecular complexity index is 583. The van der Waals surface area contributed by atoms with Crippen molar-refractivity contribution in [2.75, 3.05) is 26.9 Å². The van der Waals surface area contributed by atoms with Gasteiger partial charge in [0, 0.05) is 6.54 Å². The molecule has 2 rings (SSSR count). The number of methoxy groups -OCH3 is 1. The Balaban J connectivity index is 0.00000338. The quantitative estimate of drug-likeness (QED) is 0.754. The minimum absolute atomic E-state index is 0. The van der Waals surface area contributed by atoms with Crippen molar-refractivity contribution in [3.63, 3.8) is 0 Å². The zero-order valence-electron chi connectivity index (χ0n) is 16.2. The number of carbonyl (C=O) groups excluding carboxylic acids is 1. The zero-order valence-corrected chi connectivity index (χ0v) is 17.0. The summed E-state index contributed by atoms with van der Waals surface area (Å²) in [5.74, 6) is 1.77. The number of hydrogen-bond donors (Lipinski definition) is 2. The molecule has 1 aromatic rings. The highest BCUT2D eigenvalue weighted by Gasteiger charge is 2.29. The van der Waals surface area contributed by atoms with Gasteiger partial charge in [0.05, 0.1) is 32.5 Å². The third kappa shape index (κ3) is 6.04. The van der Waals surface area contributed by atoms with Crippen molar-refractivity contribution in [1.82, 2.24) is 10.6 Å². The Hall–Kier alpha value is -1.50. The molecule has 1 aliphatic rings. The van der Waals surface area contributed by atoms with Gasteiger partial charge < -0.3 is 24.8 Å². The highest BCUT2D eigenvalue weighted by molar-refractivity contribution is 5.85. The number of benzene rings is 1. The van der Waals surface area contributed by atoms with E-state index in [-0.39, 0.29) is 36.5 Å². The van der Waals surface area contributed by atoms with Crippen molar-refractivity contribution in [3.05, 3.63) is 23.8 Å². The summed E-state index contributed by atoms with van der Waals surface area (Å²) in [5, 5.41) is 6.24. The molecule has 1 amide bonds. The lowest BCUT2D eigenvalue weighted by molar-refractivity contribution is -0.129. The predicted molar refractivity (Wildman–Crippen MR) is 104 cm³/mol. The fourth-order valence-corrected chi connectivity index (χ4v) is 2.74. The van der Waals surface area contributed by atoms with Gasteiger partial charge >= 0.3 is 0 Å². The predicted octanol–water partition coefficient (Wildman–Crippen LogP) is 2.71. The number of halogens is 1. The monoisotopic (exact) mass is 386 g/mol. The molecule has 0 bridgehead atoms. The average molecular weight is 387 g/mol. The molecular formula is C19H31ClN2O4. The molecule has 1 unspecified atom stereocenters. The molecule has 3 atom stereocenters. The van der Waals surface area contributed by atoms with Gasteiger partial charge in [0.15, 0.2) is 11.5 Å². The van der Waals surface area contributed by atoms with Crippen LogP contribution in [0.5, 0.6) is 11.5 Å². The highest BCUT2D eigenvalue weighted by atomic mass is 35.5. The lowest BCUT2D eigenvalue weighted by atomic mass is 10.1. The van der Waals surface area contributed by atoms with Gasteiger partial charge in [-0.25, -0.2) is 0 Å². The van der Waals surface area contributed by atoms with Crippen molar-refractivity contribution < 1.29 is 19.0 Å². The highest BCUT2D eigenvalue weighted by Crippen LogP contribution is 2.30. The van der Waals surface area contributed by atoms with Crippen molar-refractivity contribution in [2.45, 2.75) is 45.9 Å². The first-order valence-electron chi connectivity index (χ1n) is 8.88. The van der Waals surface area contributed by atoms with Crippen LogP contribution in [0.1, 0.15) is 39.3 Å². The van der Waals surface area contributed by atoms with E-state index < -0.39 is 0 Å². The first kappa shape index (κ1) is 22.5. The molecule has 26 heavy (non-hydrogen) atoms. The van der Waals surface area contributed by atoms with Crippen molar-refractivity contribution >= 4 is 18.3 Å². The van der Waals surface area contributed by atoms with Gasteiger partial charge in [-0.3, -0.25) is 4.79 Å². The van der Waals surface area contributed by atoms with Crippen LogP contribution < -0.4 is 20.1 Å². The molecule has 1 fully saturated rings. The maximum atomic E-state index is 12.5.